The maximum absolute atomic E-state index is 10.3. The Bertz CT molecular complexity index is 608. The minimum atomic E-state index is -0.517. The summed E-state index contributed by atoms with van der Waals surface area (Å²) in [5.74, 6) is 1.77. The summed E-state index contributed by atoms with van der Waals surface area (Å²) < 4.78 is 11.2. The first-order valence-electron chi connectivity index (χ1n) is 7.98. The van der Waals surface area contributed by atoms with Gasteiger partial charge in [0.1, 0.15) is 11.5 Å². The van der Waals surface area contributed by atoms with Crippen LogP contribution in [0.25, 0.3) is 0 Å². The first-order valence-corrected chi connectivity index (χ1v) is 7.98. The van der Waals surface area contributed by atoms with Crippen molar-refractivity contribution in [3.05, 3.63) is 59.2 Å². The third-order valence-electron chi connectivity index (χ3n) is 4.14. The molecule has 124 valence electrons. The van der Waals surface area contributed by atoms with E-state index in [0.717, 1.165) is 28.2 Å². The molecule has 0 aliphatic carbocycles. The number of aliphatic hydroxyl groups is 1. The lowest BCUT2D eigenvalue weighted by Gasteiger charge is -2.24. The summed E-state index contributed by atoms with van der Waals surface area (Å²) in [4.78, 5) is 0. The molecule has 2 rings (SSSR count). The van der Waals surface area contributed by atoms with Gasteiger partial charge in [0.25, 0.3) is 0 Å². The lowest BCUT2D eigenvalue weighted by Crippen LogP contribution is -2.16. The van der Waals surface area contributed by atoms with Crippen LogP contribution in [0.2, 0.25) is 0 Å². The van der Waals surface area contributed by atoms with Crippen LogP contribution in [0.3, 0.4) is 0 Å². The molecule has 0 saturated heterocycles. The quantitative estimate of drug-likeness (QED) is 0.862. The summed E-state index contributed by atoms with van der Waals surface area (Å²) in [7, 11) is 3.34. The molecule has 0 amide bonds. The molecule has 0 heterocycles. The van der Waals surface area contributed by atoms with Gasteiger partial charge < -0.3 is 14.6 Å². The Kier molecular flexibility index (Phi) is 5.67. The van der Waals surface area contributed by atoms with Gasteiger partial charge in [-0.15, -0.1) is 0 Å². The Labute approximate surface area is 138 Å². The van der Waals surface area contributed by atoms with Crippen molar-refractivity contribution in [2.45, 2.75) is 38.7 Å². The fraction of sp³-hybridized carbons (Fsp3) is 0.400. The summed E-state index contributed by atoms with van der Waals surface area (Å²) in [5, 5.41) is 10.3. The van der Waals surface area contributed by atoms with Gasteiger partial charge in [-0.2, -0.15) is 0 Å². The molecule has 23 heavy (non-hydrogen) atoms. The summed E-state index contributed by atoms with van der Waals surface area (Å²) in [6, 6.07) is 14.1. The van der Waals surface area contributed by atoms with E-state index in [9.17, 15) is 5.11 Å². The van der Waals surface area contributed by atoms with E-state index in [0.29, 0.717) is 0 Å². The highest BCUT2D eigenvalue weighted by atomic mass is 16.5. The Balaban J connectivity index is 2.61. The van der Waals surface area contributed by atoms with Crippen LogP contribution in [-0.4, -0.2) is 25.4 Å². The molecule has 0 aliphatic rings. The van der Waals surface area contributed by atoms with Crippen molar-refractivity contribution in [3.63, 3.8) is 0 Å². The zero-order valence-corrected chi connectivity index (χ0v) is 14.5. The van der Waals surface area contributed by atoms with Gasteiger partial charge in [0.15, 0.2) is 0 Å². The predicted molar refractivity (Wildman–Crippen MR) is 93.6 cm³/mol. The minimum absolute atomic E-state index is 0.125. The molecule has 2 atom stereocenters. The highest BCUT2D eigenvalue weighted by molar-refractivity contribution is 5.52. The standard InChI is InChI=1S/C20H26O3/c1-13(2)19-17(22-4)11-16(12-18(19)23-5)20(14(3)21)15-9-7-6-8-10-15/h6-14,20-21H,1-5H3. The maximum Gasteiger partial charge on any atom is 0.126 e. The van der Waals surface area contributed by atoms with Gasteiger partial charge in [-0.1, -0.05) is 44.2 Å². The van der Waals surface area contributed by atoms with Gasteiger partial charge in [0, 0.05) is 11.5 Å². The van der Waals surface area contributed by atoms with Crippen LogP contribution < -0.4 is 9.47 Å². The van der Waals surface area contributed by atoms with Crippen molar-refractivity contribution in [1.82, 2.24) is 0 Å². The molecule has 2 unspecified atom stereocenters. The van der Waals surface area contributed by atoms with Gasteiger partial charge in [0.05, 0.1) is 20.3 Å². The molecule has 0 aliphatic heterocycles. The normalized spacial score (nSPS) is 13.7. The highest BCUT2D eigenvalue weighted by Crippen LogP contribution is 2.40. The lowest BCUT2D eigenvalue weighted by atomic mass is 9.85. The van der Waals surface area contributed by atoms with Gasteiger partial charge in [0.2, 0.25) is 0 Å². The number of benzene rings is 2. The van der Waals surface area contributed by atoms with Gasteiger partial charge in [-0.3, -0.25) is 0 Å². The van der Waals surface area contributed by atoms with E-state index in [-0.39, 0.29) is 11.8 Å². The molecule has 0 saturated carbocycles. The van der Waals surface area contributed by atoms with E-state index in [1.807, 2.05) is 49.4 Å². The molecule has 0 radical (unpaired) electrons. The monoisotopic (exact) mass is 314 g/mol. The van der Waals surface area contributed by atoms with Gasteiger partial charge in [-0.05, 0) is 36.1 Å². The van der Waals surface area contributed by atoms with Crippen molar-refractivity contribution in [3.8, 4) is 11.5 Å². The van der Waals surface area contributed by atoms with Crippen molar-refractivity contribution in [1.29, 1.82) is 0 Å². The SMILES string of the molecule is COc1cc(C(c2ccccc2)C(C)O)cc(OC)c1C(C)C. The molecular formula is C20H26O3. The molecule has 1 N–H and O–H groups in total. The van der Waals surface area contributed by atoms with E-state index in [1.54, 1.807) is 14.2 Å². The maximum atomic E-state index is 10.3. The Hall–Kier alpha value is -2.00. The van der Waals surface area contributed by atoms with Crippen molar-refractivity contribution < 1.29 is 14.6 Å². The van der Waals surface area contributed by atoms with Crippen LogP contribution >= 0.6 is 0 Å². The smallest absolute Gasteiger partial charge is 0.126 e. The fourth-order valence-corrected chi connectivity index (χ4v) is 3.12. The Morgan fingerprint density at radius 3 is 1.74 bits per heavy atom. The molecular weight excluding hydrogens is 288 g/mol. The van der Waals surface area contributed by atoms with Crippen LogP contribution in [0.15, 0.2) is 42.5 Å². The zero-order valence-electron chi connectivity index (χ0n) is 14.5. The summed E-state index contributed by atoms with van der Waals surface area (Å²) >= 11 is 0. The van der Waals surface area contributed by atoms with Crippen LogP contribution in [-0.2, 0) is 0 Å². The molecule has 0 bridgehead atoms. The van der Waals surface area contributed by atoms with Gasteiger partial charge >= 0.3 is 0 Å². The second kappa shape index (κ2) is 7.51. The van der Waals surface area contributed by atoms with Crippen LogP contribution in [0.1, 0.15) is 49.3 Å². The molecule has 3 nitrogen and oxygen atoms in total. The molecule has 3 heteroatoms. The lowest BCUT2D eigenvalue weighted by molar-refractivity contribution is 0.176. The van der Waals surface area contributed by atoms with Crippen molar-refractivity contribution in [2.75, 3.05) is 14.2 Å². The second-order valence-corrected chi connectivity index (χ2v) is 6.12. The third kappa shape index (κ3) is 3.67. The second-order valence-electron chi connectivity index (χ2n) is 6.12. The van der Waals surface area contributed by atoms with E-state index in [4.69, 9.17) is 9.47 Å². The third-order valence-corrected chi connectivity index (χ3v) is 4.14. The first-order chi connectivity index (χ1) is 11.0. The number of ether oxygens (including phenoxy) is 2. The Morgan fingerprint density at radius 1 is 0.826 bits per heavy atom. The Morgan fingerprint density at radius 2 is 1.35 bits per heavy atom. The van der Waals surface area contributed by atoms with Gasteiger partial charge in [-0.25, -0.2) is 0 Å². The topological polar surface area (TPSA) is 38.7 Å². The largest absolute Gasteiger partial charge is 0.496 e. The summed E-state index contributed by atoms with van der Waals surface area (Å²) in [6.07, 6.45) is -0.517. The molecule has 0 spiro atoms. The van der Waals surface area contributed by atoms with E-state index >= 15 is 0 Å². The molecule has 0 aromatic heterocycles. The van der Waals surface area contributed by atoms with E-state index < -0.39 is 6.10 Å². The minimum Gasteiger partial charge on any atom is -0.496 e. The first kappa shape index (κ1) is 17.4. The molecule has 0 fully saturated rings. The van der Waals surface area contributed by atoms with Crippen molar-refractivity contribution >= 4 is 0 Å². The molecule has 2 aromatic rings. The zero-order chi connectivity index (χ0) is 17.0. The summed E-state index contributed by atoms with van der Waals surface area (Å²) in [6.45, 7) is 6.04. The highest BCUT2D eigenvalue weighted by Gasteiger charge is 2.24. The summed E-state index contributed by atoms with van der Waals surface area (Å²) in [5.41, 5.74) is 3.12. The predicted octanol–water partition coefficient (Wildman–Crippen LogP) is 4.34. The number of methoxy groups -OCH3 is 2. The van der Waals surface area contributed by atoms with Crippen LogP contribution in [0.5, 0.6) is 11.5 Å². The number of rotatable bonds is 6. The molecule has 2 aromatic carbocycles. The van der Waals surface area contributed by atoms with E-state index in [2.05, 4.69) is 13.8 Å². The average molecular weight is 314 g/mol. The fourth-order valence-electron chi connectivity index (χ4n) is 3.12. The number of aliphatic hydroxyl groups excluding tert-OH is 1. The number of hydrogen-bond acceptors (Lipinski definition) is 3. The van der Waals surface area contributed by atoms with E-state index in [1.165, 1.54) is 0 Å². The number of hydrogen-bond donors (Lipinski definition) is 1. The van der Waals surface area contributed by atoms with Crippen LogP contribution in [0, 0.1) is 0 Å². The van der Waals surface area contributed by atoms with Crippen molar-refractivity contribution in [2.24, 2.45) is 0 Å². The van der Waals surface area contributed by atoms with Crippen LogP contribution in [0.4, 0.5) is 0 Å². The average Bonchev–Trinajstić information content (AvgIpc) is 2.54.